The SMILES string of the molecule is NC1CS(=O)(=O)CC1N(Cc1cccs1)C1CC1. The molecule has 2 heterocycles. The molecule has 0 bridgehead atoms. The molecule has 1 aromatic heterocycles. The van der Waals surface area contributed by atoms with Crippen LogP contribution in [0, 0.1) is 0 Å². The Morgan fingerprint density at radius 1 is 1.39 bits per heavy atom. The van der Waals surface area contributed by atoms with Gasteiger partial charge in [0.05, 0.1) is 11.5 Å². The first-order valence-electron chi connectivity index (χ1n) is 6.29. The third-order valence-electron chi connectivity index (χ3n) is 3.73. The van der Waals surface area contributed by atoms with Crippen molar-refractivity contribution in [2.45, 2.75) is 37.5 Å². The Hall–Kier alpha value is -0.430. The molecule has 4 nitrogen and oxygen atoms in total. The highest BCUT2D eigenvalue weighted by molar-refractivity contribution is 7.91. The largest absolute Gasteiger partial charge is 0.325 e. The van der Waals surface area contributed by atoms with Crippen molar-refractivity contribution < 1.29 is 8.42 Å². The van der Waals surface area contributed by atoms with Crippen LogP contribution >= 0.6 is 11.3 Å². The van der Waals surface area contributed by atoms with Gasteiger partial charge in [-0.25, -0.2) is 8.42 Å². The van der Waals surface area contributed by atoms with E-state index in [9.17, 15) is 8.42 Å². The van der Waals surface area contributed by atoms with Crippen molar-refractivity contribution in [1.82, 2.24) is 4.90 Å². The molecule has 1 aromatic rings. The first-order valence-corrected chi connectivity index (χ1v) is 8.99. The van der Waals surface area contributed by atoms with Crippen LogP contribution in [0.25, 0.3) is 0 Å². The molecule has 2 N–H and O–H groups in total. The summed E-state index contributed by atoms with van der Waals surface area (Å²) in [6, 6.07) is 4.46. The summed E-state index contributed by atoms with van der Waals surface area (Å²) < 4.78 is 23.4. The molecule has 1 aliphatic heterocycles. The first kappa shape index (κ1) is 12.6. The molecule has 1 saturated carbocycles. The van der Waals surface area contributed by atoms with Crippen molar-refractivity contribution in [2.24, 2.45) is 5.73 Å². The van der Waals surface area contributed by atoms with Crippen LogP contribution in [0.5, 0.6) is 0 Å². The van der Waals surface area contributed by atoms with Gasteiger partial charge in [-0.15, -0.1) is 11.3 Å². The zero-order chi connectivity index (χ0) is 12.8. The molecule has 1 saturated heterocycles. The second-order valence-electron chi connectivity index (χ2n) is 5.29. The molecule has 0 radical (unpaired) electrons. The Labute approximate surface area is 112 Å². The Morgan fingerprint density at radius 2 is 2.17 bits per heavy atom. The van der Waals surface area contributed by atoms with Gasteiger partial charge in [-0.3, -0.25) is 4.90 Å². The van der Waals surface area contributed by atoms with Crippen molar-refractivity contribution in [2.75, 3.05) is 11.5 Å². The number of nitrogens with zero attached hydrogens (tertiary/aromatic N) is 1. The van der Waals surface area contributed by atoms with Gasteiger partial charge in [-0.1, -0.05) is 6.07 Å². The number of rotatable bonds is 4. The lowest BCUT2D eigenvalue weighted by Gasteiger charge is -2.30. The number of thiophene rings is 1. The number of nitrogens with two attached hydrogens (primary N) is 1. The number of hydrogen-bond donors (Lipinski definition) is 1. The summed E-state index contributed by atoms with van der Waals surface area (Å²) in [7, 11) is -2.94. The van der Waals surface area contributed by atoms with Crippen molar-refractivity contribution in [3.8, 4) is 0 Å². The first-order chi connectivity index (χ1) is 8.55. The highest BCUT2D eigenvalue weighted by atomic mass is 32.2. The van der Waals surface area contributed by atoms with E-state index in [0.29, 0.717) is 6.04 Å². The second kappa shape index (κ2) is 4.59. The molecule has 3 rings (SSSR count). The molecule has 100 valence electrons. The molecule has 0 aromatic carbocycles. The van der Waals surface area contributed by atoms with Gasteiger partial charge >= 0.3 is 0 Å². The van der Waals surface area contributed by atoms with Crippen molar-refractivity contribution >= 4 is 21.2 Å². The number of sulfone groups is 1. The van der Waals surface area contributed by atoms with Gasteiger partial charge < -0.3 is 5.73 Å². The van der Waals surface area contributed by atoms with E-state index in [2.05, 4.69) is 16.3 Å². The molecule has 1 aliphatic carbocycles. The molecule has 2 aliphatic rings. The highest BCUT2D eigenvalue weighted by Gasteiger charge is 2.43. The predicted molar refractivity (Wildman–Crippen MR) is 73.3 cm³/mol. The van der Waals surface area contributed by atoms with E-state index < -0.39 is 9.84 Å². The van der Waals surface area contributed by atoms with Crippen LogP contribution in [0.15, 0.2) is 17.5 Å². The van der Waals surface area contributed by atoms with Crippen LogP contribution in [-0.4, -0.2) is 42.9 Å². The minimum absolute atomic E-state index is 0.00426. The highest BCUT2D eigenvalue weighted by Crippen LogP contribution is 2.33. The topological polar surface area (TPSA) is 63.4 Å². The summed E-state index contributed by atoms with van der Waals surface area (Å²) >= 11 is 1.72. The predicted octanol–water partition coefficient (Wildman–Crippen LogP) is 0.837. The maximum atomic E-state index is 11.7. The zero-order valence-corrected chi connectivity index (χ0v) is 11.8. The van der Waals surface area contributed by atoms with Crippen LogP contribution in [-0.2, 0) is 16.4 Å². The van der Waals surface area contributed by atoms with Crippen LogP contribution in [0.3, 0.4) is 0 Å². The smallest absolute Gasteiger partial charge is 0.153 e. The maximum absolute atomic E-state index is 11.7. The van der Waals surface area contributed by atoms with Gasteiger partial charge in [0.25, 0.3) is 0 Å². The van der Waals surface area contributed by atoms with Gasteiger partial charge in [0.15, 0.2) is 9.84 Å². The fraction of sp³-hybridized carbons (Fsp3) is 0.667. The van der Waals surface area contributed by atoms with Crippen LogP contribution in [0.4, 0.5) is 0 Å². The Bertz CT molecular complexity index is 508. The monoisotopic (exact) mass is 286 g/mol. The lowest BCUT2D eigenvalue weighted by molar-refractivity contribution is 0.181. The van der Waals surface area contributed by atoms with E-state index in [-0.39, 0.29) is 23.6 Å². The molecule has 6 heteroatoms. The Morgan fingerprint density at radius 3 is 2.67 bits per heavy atom. The maximum Gasteiger partial charge on any atom is 0.153 e. The summed E-state index contributed by atoms with van der Waals surface area (Å²) in [4.78, 5) is 3.61. The van der Waals surface area contributed by atoms with E-state index in [1.54, 1.807) is 11.3 Å². The summed E-state index contributed by atoms with van der Waals surface area (Å²) in [6.45, 7) is 0.843. The van der Waals surface area contributed by atoms with E-state index in [4.69, 9.17) is 5.73 Å². The van der Waals surface area contributed by atoms with Gasteiger partial charge in [0.1, 0.15) is 0 Å². The van der Waals surface area contributed by atoms with E-state index >= 15 is 0 Å². The Kier molecular flexibility index (Phi) is 3.21. The van der Waals surface area contributed by atoms with Gasteiger partial charge in [-0.05, 0) is 24.3 Å². The van der Waals surface area contributed by atoms with Gasteiger partial charge in [0, 0.05) is 29.5 Å². The lowest BCUT2D eigenvalue weighted by atomic mass is 10.1. The molecule has 0 spiro atoms. The lowest BCUT2D eigenvalue weighted by Crippen LogP contribution is -2.47. The zero-order valence-electron chi connectivity index (χ0n) is 10.2. The average Bonchev–Trinajstić information content (AvgIpc) is 2.92. The summed E-state index contributed by atoms with van der Waals surface area (Å²) in [5.41, 5.74) is 6.03. The van der Waals surface area contributed by atoms with Crippen molar-refractivity contribution in [3.63, 3.8) is 0 Å². The molecular weight excluding hydrogens is 268 g/mol. The molecule has 0 amide bonds. The van der Waals surface area contributed by atoms with E-state index in [1.807, 2.05) is 6.07 Å². The van der Waals surface area contributed by atoms with Crippen molar-refractivity contribution in [3.05, 3.63) is 22.4 Å². The van der Waals surface area contributed by atoms with Crippen LogP contribution < -0.4 is 5.73 Å². The normalized spacial score (nSPS) is 31.0. The fourth-order valence-electron chi connectivity index (χ4n) is 2.70. The van der Waals surface area contributed by atoms with Crippen molar-refractivity contribution in [1.29, 1.82) is 0 Å². The van der Waals surface area contributed by atoms with Crippen LogP contribution in [0.1, 0.15) is 17.7 Å². The molecular formula is C12H18N2O2S2. The molecule has 2 fully saturated rings. The van der Waals surface area contributed by atoms with E-state index in [1.165, 1.54) is 17.7 Å². The quantitative estimate of drug-likeness (QED) is 0.891. The minimum atomic E-state index is -2.94. The summed E-state index contributed by atoms with van der Waals surface area (Å²) in [6.07, 6.45) is 2.35. The fourth-order valence-corrected chi connectivity index (χ4v) is 5.32. The minimum Gasteiger partial charge on any atom is -0.325 e. The van der Waals surface area contributed by atoms with Gasteiger partial charge in [-0.2, -0.15) is 0 Å². The second-order valence-corrected chi connectivity index (χ2v) is 8.48. The van der Waals surface area contributed by atoms with E-state index in [0.717, 1.165) is 6.54 Å². The third kappa shape index (κ3) is 2.61. The third-order valence-corrected chi connectivity index (χ3v) is 6.33. The Balaban J connectivity index is 1.78. The average molecular weight is 286 g/mol. The number of hydrogen-bond acceptors (Lipinski definition) is 5. The standard InChI is InChI=1S/C12H18N2O2S2/c13-11-7-18(15,16)8-12(11)14(9-3-4-9)6-10-2-1-5-17-10/h1-2,5,9,11-12H,3-4,6-8,13H2. The molecule has 2 atom stereocenters. The summed E-state index contributed by atoms with van der Waals surface area (Å²) in [5, 5.41) is 2.06. The molecule has 18 heavy (non-hydrogen) atoms. The van der Waals surface area contributed by atoms with Crippen LogP contribution in [0.2, 0.25) is 0 Å². The summed E-state index contributed by atoms with van der Waals surface area (Å²) in [5.74, 6) is 0.376. The molecule has 2 unspecified atom stereocenters. The van der Waals surface area contributed by atoms with Gasteiger partial charge in [0.2, 0.25) is 0 Å².